The number of hydrogen-bond donors (Lipinski definition) is 0. The molecule has 0 unspecified atom stereocenters. The molecular weight excluding hydrogens is 319 g/mol. The Kier molecular flexibility index (Phi) is 4.15. The van der Waals surface area contributed by atoms with Crippen LogP contribution >= 0.6 is 0 Å². The molecule has 4 rings (SSSR count). The maximum atomic E-state index is 13.5. The van der Waals surface area contributed by atoms with Gasteiger partial charge >= 0.3 is 0 Å². The number of ether oxygens (including phenoxy) is 1. The molecule has 0 N–H and O–H groups in total. The van der Waals surface area contributed by atoms with Crippen molar-refractivity contribution in [3.05, 3.63) is 59.7 Å². The minimum atomic E-state index is -0.265. The van der Waals surface area contributed by atoms with Gasteiger partial charge in [0.25, 0.3) is 0 Å². The van der Waals surface area contributed by atoms with Gasteiger partial charge in [-0.05, 0) is 36.6 Å². The molecular formula is C20H21FN2O2. The lowest BCUT2D eigenvalue weighted by atomic mass is 9.83. The van der Waals surface area contributed by atoms with E-state index < -0.39 is 0 Å². The highest BCUT2D eigenvalue weighted by atomic mass is 19.1. The lowest BCUT2D eigenvalue weighted by Gasteiger charge is -2.44. The fourth-order valence-corrected chi connectivity index (χ4v) is 3.76. The molecule has 1 saturated heterocycles. The van der Waals surface area contributed by atoms with E-state index in [1.165, 1.54) is 12.1 Å². The molecule has 0 bridgehead atoms. The van der Waals surface area contributed by atoms with Crippen LogP contribution in [0, 0.1) is 5.82 Å². The van der Waals surface area contributed by atoms with E-state index in [0.717, 1.165) is 36.9 Å². The Hall–Kier alpha value is -2.43. The van der Waals surface area contributed by atoms with Crippen LogP contribution in [0.4, 0.5) is 4.39 Å². The quantitative estimate of drug-likeness (QED) is 0.843. The SMILES string of the molecule is O=C(Cc1ccccn1)N1CCC2(CCc3ccc(F)cc3O2)CC1. The first-order valence-electron chi connectivity index (χ1n) is 8.79. The second-order valence-corrected chi connectivity index (χ2v) is 6.92. The van der Waals surface area contributed by atoms with Crippen LogP contribution in [0.15, 0.2) is 42.6 Å². The Morgan fingerprint density at radius 2 is 2.04 bits per heavy atom. The molecule has 25 heavy (non-hydrogen) atoms. The number of amides is 1. The third-order valence-electron chi connectivity index (χ3n) is 5.29. The van der Waals surface area contributed by atoms with Gasteiger partial charge in [-0.1, -0.05) is 12.1 Å². The van der Waals surface area contributed by atoms with E-state index in [1.807, 2.05) is 29.2 Å². The van der Waals surface area contributed by atoms with Crippen molar-refractivity contribution in [1.82, 2.24) is 9.88 Å². The van der Waals surface area contributed by atoms with E-state index in [-0.39, 0.29) is 17.3 Å². The number of pyridine rings is 1. The molecule has 5 heteroatoms. The van der Waals surface area contributed by atoms with E-state index in [9.17, 15) is 9.18 Å². The van der Waals surface area contributed by atoms with Crippen LogP contribution in [-0.2, 0) is 17.6 Å². The average molecular weight is 340 g/mol. The van der Waals surface area contributed by atoms with Gasteiger partial charge in [-0.3, -0.25) is 9.78 Å². The summed E-state index contributed by atoms with van der Waals surface area (Å²) >= 11 is 0. The van der Waals surface area contributed by atoms with Crippen LogP contribution in [0.1, 0.15) is 30.5 Å². The van der Waals surface area contributed by atoms with Gasteiger partial charge in [-0.15, -0.1) is 0 Å². The molecule has 1 aromatic heterocycles. The third kappa shape index (κ3) is 3.36. The summed E-state index contributed by atoms with van der Waals surface area (Å²) in [5.41, 5.74) is 1.61. The predicted molar refractivity (Wildman–Crippen MR) is 91.8 cm³/mol. The first-order valence-corrected chi connectivity index (χ1v) is 8.79. The normalized spacial score (nSPS) is 18.5. The largest absolute Gasteiger partial charge is 0.487 e. The summed E-state index contributed by atoms with van der Waals surface area (Å²) in [6, 6.07) is 10.4. The van der Waals surface area contributed by atoms with Gasteiger partial charge in [-0.2, -0.15) is 0 Å². The lowest BCUT2D eigenvalue weighted by Crippen LogP contribution is -2.51. The van der Waals surface area contributed by atoms with Gasteiger partial charge in [0.15, 0.2) is 0 Å². The number of halogens is 1. The van der Waals surface area contributed by atoms with Gasteiger partial charge in [-0.25, -0.2) is 4.39 Å². The summed E-state index contributed by atoms with van der Waals surface area (Å²) in [5.74, 6) is 0.508. The molecule has 0 atom stereocenters. The van der Waals surface area contributed by atoms with Crippen LogP contribution in [-0.4, -0.2) is 34.5 Å². The van der Waals surface area contributed by atoms with E-state index in [2.05, 4.69) is 4.98 Å². The molecule has 0 radical (unpaired) electrons. The number of piperidine rings is 1. The zero-order valence-electron chi connectivity index (χ0n) is 14.1. The number of hydrogen-bond acceptors (Lipinski definition) is 3. The molecule has 0 saturated carbocycles. The first-order chi connectivity index (χ1) is 12.1. The summed E-state index contributed by atoms with van der Waals surface area (Å²) in [6.45, 7) is 1.35. The van der Waals surface area contributed by atoms with Gasteiger partial charge < -0.3 is 9.64 Å². The fourth-order valence-electron chi connectivity index (χ4n) is 3.76. The van der Waals surface area contributed by atoms with Crippen molar-refractivity contribution < 1.29 is 13.9 Å². The van der Waals surface area contributed by atoms with Crippen molar-refractivity contribution in [3.63, 3.8) is 0 Å². The molecule has 130 valence electrons. The monoisotopic (exact) mass is 340 g/mol. The van der Waals surface area contributed by atoms with Crippen LogP contribution in [0.2, 0.25) is 0 Å². The summed E-state index contributed by atoms with van der Waals surface area (Å²) in [4.78, 5) is 18.6. The van der Waals surface area contributed by atoms with Crippen molar-refractivity contribution in [2.75, 3.05) is 13.1 Å². The number of rotatable bonds is 2. The third-order valence-corrected chi connectivity index (χ3v) is 5.29. The van der Waals surface area contributed by atoms with E-state index in [1.54, 1.807) is 6.20 Å². The van der Waals surface area contributed by atoms with E-state index >= 15 is 0 Å². The standard InChI is InChI=1S/C20H21FN2O2/c21-16-5-4-15-6-7-20(25-18(15)13-16)8-11-23(12-9-20)19(24)14-17-3-1-2-10-22-17/h1-5,10,13H,6-9,11-12,14H2. The highest BCUT2D eigenvalue weighted by Gasteiger charge is 2.40. The first kappa shape index (κ1) is 16.1. The van der Waals surface area contributed by atoms with Gasteiger partial charge in [0.2, 0.25) is 5.91 Å². The summed E-state index contributed by atoms with van der Waals surface area (Å²) < 4.78 is 19.7. The number of carbonyl (C=O) groups excluding carboxylic acids is 1. The van der Waals surface area contributed by atoms with Crippen LogP contribution < -0.4 is 4.74 Å². The zero-order valence-corrected chi connectivity index (χ0v) is 14.1. The highest BCUT2D eigenvalue weighted by Crippen LogP contribution is 2.39. The molecule has 2 aliphatic heterocycles. The molecule has 1 fully saturated rings. The molecule has 1 spiro atoms. The van der Waals surface area contributed by atoms with Crippen molar-refractivity contribution in [2.45, 2.75) is 37.7 Å². The number of nitrogens with zero attached hydrogens (tertiary/aromatic N) is 2. The Bertz CT molecular complexity index is 771. The Labute approximate surface area is 146 Å². The number of aromatic nitrogens is 1. The maximum Gasteiger partial charge on any atom is 0.228 e. The van der Waals surface area contributed by atoms with Gasteiger partial charge in [0.1, 0.15) is 17.2 Å². The number of likely N-dealkylation sites (tertiary alicyclic amines) is 1. The highest BCUT2D eigenvalue weighted by molar-refractivity contribution is 5.78. The topological polar surface area (TPSA) is 42.4 Å². The summed E-state index contributed by atoms with van der Waals surface area (Å²) in [7, 11) is 0. The Morgan fingerprint density at radius 3 is 2.80 bits per heavy atom. The maximum absolute atomic E-state index is 13.5. The van der Waals surface area contributed by atoms with Gasteiger partial charge in [0.05, 0.1) is 6.42 Å². The Balaban J connectivity index is 1.39. The molecule has 2 aromatic rings. The van der Waals surface area contributed by atoms with Crippen molar-refractivity contribution in [3.8, 4) is 5.75 Å². The summed E-state index contributed by atoms with van der Waals surface area (Å²) in [5, 5.41) is 0. The molecule has 1 aromatic carbocycles. The minimum Gasteiger partial charge on any atom is -0.487 e. The molecule has 1 amide bonds. The molecule has 0 aliphatic carbocycles. The second kappa shape index (κ2) is 6.47. The second-order valence-electron chi connectivity index (χ2n) is 6.92. The van der Waals surface area contributed by atoms with Crippen LogP contribution in [0.3, 0.4) is 0 Å². The number of aryl methyl sites for hydroxylation is 1. The predicted octanol–water partition coefficient (Wildman–Crippen LogP) is 3.15. The van der Waals surface area contributed by atoms with Crippen molar-refractivity contribution in [1.29, 1.82) is 0 Å². The van der Waals surface area contributed by atoms with E-state index in [4.69, 9.17) is 4.74 Å². The van der Waals surface area contributed by atoms with E-state index in [0.29, 0.717) is 25.3 Å². The smallest absolute Gasteiger partial charge is 0.228 e. The number of fused-ring (bicyclic) bond motifs is 1. The summed E-state index contributed by atoms with van der Waals surface area (Å²) in [6.07, 6.45) is 5.45. The number of carbonyl (C=O) groups is 1. The molecule has 2 aliphatic rings. The molecule has 3 heterocycles. The van der Waals surface area contributed by atoms with Crippen LogP contribution in [0.5, 0.6) is 5.75 Å². The minimum absolute atomic E-state index is 0.107. The molecule has 4 nitrogen and oxygen atoms in total. The lowest BCUT2D eigenvalue weighted by molar-refractivity contribution is -0.134. The van der Waals surface area contributed by atoms with Crippen LogP contribution in [0.25, 0.3) is 0 Å². The Morgan fingerprint density at radius 1 is 1.20 bits per heavy atom. The van der Waals surface area contributed by atoms with Crippen molar-refractivity contribution in [2.24, 2.45) is 0 Å². The fraction of sp³-hybridized carbons (Fsp3) is 0.400. The van der Waals surface area contributed by atoms with Crippen molar-refractivity contribution >= 4 is 5.91 Å². The van der Waals surface area contributed by atoms with Gasteiger partial charge in [0, 0.05) is 43.9 Å². The number of benzene rings is 1. The average Bonchev–Trinajstić information content (AvgIpc) is 2.63. The zero-order chi connectivity index (χ0) is 17.3.